The number of aliphatic hydroxyl groups is 1. The van der Waals surface area contributed by atoms with Gasteiger partial charge in [0, 0.05) is 20.0 Å². The van der Waals surface area contributed by atoms with Gasteiger partial charge in [-0.05, 0) is 19.1 Å². The normalized spacial score (nSPS) is 19.1. The van der Waals surface area contributed by atoms with Crippen LogP contribution in [0.1, 0.15) is 19.8 Å². The Morgan fingerprint density at radius 3 is 2.60 bits per heavy atom. The lowest BCUT2D eigenvalue weighted by atomic mass is 10.1. The van der Waals surface area contributed by atoms with E-state index < -0.39 is 0 Å². The van der Waals surface area contributed by atoms with Crippen molar-refractivity contribution in [1.82, 2.24) is 10.3 Å². The van der Waals surface area contributed by atoms with Gasteiger partial charge in [0.05, 0.1) is 6.10 Å². The molecular formula is C9H17N3O2S. The zero-order valence-corrected chi connectivity index (χ0v) is 9.88. The van der Waals surface area contributed by atoms with Crippen molar-refractivity contribution >= 4 is 22.8 Å². The number of hydrazone groups is 1. The molecule has 0 spiro atoms. The molecule has 15 heavy (non-hydrogen) atoms. The summed E-state index contributed by atoms with van der Waals surface area (Å²) in [4.78, 5) is 12.8. The summed E-state index contributed by atoms with van der Waals surface area (Å²) in [6.45, 7) is 3.02. The summed E-state index contributed by atoms with van der Waals surface area (Å²) < 4.78 is 0. The van der Waals surface area contributed by atoms with E-state index in [0.29, 0.717) is 0 Å². The highest BCUT2D eigenvalue weighted by atomic mass is 32.2. The van der Waals surface area contributed by atoms with Crippen LogP contribution in [0.2, 0.25) is 0 Å². The van der Waals surface area contributed by atoms with E-state index in [1.54, 1.807) is 0 Å². The van der Waals surface area contributed by atoms with Crippen LogP contribution in [0.15, 0.2) is 5.10 Å². The average molecular weight is 231 g/mol. The molecule has 86 valence electrons. The second kappa shape index (κ2) is 5.97. The molecule has 0 aromatic rings. The molecule has 0 unspecified atom stereocenters. The van der Waals surface area contributed by atoms with Crippen LogP contribution in [0.4, 0.5) is 0 Å². The maximum atomic E-state index is 10.7. The van der Waals surface area contributed by atoms with Gasteiger partial charge in [-0.1, -0.05) is 11.8 Å². The zero-order valence-electron chi connectivity index (χ0n) is 9.06. The van der Waals surface area contributed by atoms with Crippen molar-refractivity contribution in [3.63, 3.8) is 0 Å². The number of carbonyl (C=O) groups is 1. The Morgan fingerprint density at radius 2 is 2.13 bits per heavy atom. The number of hydrogen-bond acceptors (Lipinski definition) is 4. The lowest BCUT2D eigenvalue weighted by Crippen LogP contribution is -2.39. The minimum absolute atomic E-state index is 0.168. The topological polar surface area (TPSA) is 64.9 Å². The molecular weight excluding hydrogens is 214 g/mol. The van der Waals surface area contributed by atoms with E-state index in [9.17, 15) is 9.90 Å². The van der Waals surface area contributed by atoms with Gasteiger partial charge in [0.1, 0.15) is 0 Å². The first-order valence-electron chi connectivity index (χ1n) is 4.94. The third-order valence-electron chi connectivity index (χ3n) is 2.23. The van der Waals surface area contributed by atoms with Gasteiger partial charge in [-0.15, -0.1) is 5.10 Å². The van der Waals surface area contributed by atoms with Crippen LogP contribution < -0.4 is 5.43 Å². The molecule has 0 saturated carbocycles. The molecule has 1 rings (SSSR count). The molecule has 0 atom stereocenters. The van der Waals surface area contributed by atoms with E-state index in [1.807, 2.05) is 6.26 Å². The number of likely N-dealkylation sites (tertiary alicyclic amines) is 1. The first-order chi connectivity index (χ1) is 7.13. The largest absolute Gasteiger partial charge is 0.393 e. The molecule has 0 aromatic heterocycles. The maximum absolute atomic E-state index is 10.7. The molecule has 0 aliphatic carbocycles. The number of amides is 1. The molecule has 0 bridgehead atoms. The Morgan fingerprint density at radius 1 is 1.53 bits per heavy atom. The molecule has 0 radical (unpaired) electrons. The fraction of sp³-hybridized carbons (Fsp3) is 0.778. The Labute approximate surface area is 93.9 Å². The van der Waals surface area contributed by atoms with Crippen LogP contribution in [0, 0.1) is 0 Å². The number of carbonyl (C=O) groups excluding carboxylic acids is 1. The zero-order chi connectivity index (χ0) is 11.3. The fourth-order valence-electron chi connectivity index (χ4n) is 1.43. The van der Waals surface area contributed by atoms with Crippen LogP contribution in [0.25, 0.3) is 0 Å². The first-order valence-corrected chi connectivity index (χ1v) is 6.17. The summed E-state index contributed by atoms with van der Waals surface area (Å²) in [7, 11) is 0. The van der Waals surface area contributed by atoms with Crippen molar-refractivity contribution in [2.45, 2.75) is 25.9 Å². The third-order valence-corrected chi connectivity index (χ3v) is 2.94. The average Bonchev–Trinajstić information content (AvgIpc) is 2.21. The summed E-state index contributed by atoms with van der Waals surface area (Å²) >= 11 is 1.50. The van der Waals surface area contributed by atoms with E-state index in [0.717, 1.165) is 31.1 Å². The van der Waals surface area contributed by atoms with Crippen molar-refractivity contribution in [3.8, 4) is 0 Å². The standard InChI is InChI=1S/C9H17N3O2S/c1-7(13)10-11-9(15-2)12-5-3-8(14)4-6-12/h8,14H,3-6H2,1-2H3,(H,10,13)/b11-9-. The van der Waals surface area contributed by atoms with E-state index in [2.05, 4.69) is 15.4 Å². The minimum atomic E-state index is -0.190. The highest BCUT2D eigenvalue weighted by molar-refractivity contribution is 8.13. The lowest BCUT2D eigenvalue weighted by molar-refractivity contribution is -0.118. The number of nitrogens with one attached hydrogen (secondary N) is 1. The van der Waals surface area contributed by atoms with Crippen molar-refractivity contribution in [2.24, 2.45) is 5.10 Å². The SMILES string of the molecule is CS/C(=N\NC(C)=O)N1CCC(O)CC1. The molecule has 2 N–H and O–H groups in total. The van der Waals surface area contributed by atoms with Gasteiger partial charge in [-0.3, -0.25) is 4.79 Å². The Hall–Kier alpha value is -0.750. The molecule has 1 aliphatic rings. The number of hydrogen-bond donors (Lipinski definition) is 2. The van der Waals surface area contributed by atoms with E-state index in [4.69, 9.17) is 0 Å². The summed E-state index contributed by atoms with van der Waals surface area (Å²) in [6.07, 6.45) is 3.26. The number of thioether (sulfide) groups is 1. The van der Waals surface area contributed by atoms with Gasteiger partial charge in [-0.2, -0.15) is 0 Å². The van der Waals surface area contributed by atoms with Crippen molar-refractivity contribution in [1.29, 1.82) is 0 Å². The van der Waals surface area contributed by atoms with E-state index in [-0.39, 0.29) is 12.0 Å². The molecule has 1 aliphatic heterocycles. The number of aliphatic hydroxyl groups excluding tert-OH is 1. The predicted octanol–water partition coefficient (Wildman–Crippen LogP) is 0.213. The van der Waals surface area contributed by atoms with E-state index in [1.165, 1.54) is 18.7 Å². The minimum Gasteiger partial charge on any atom is -0.393 e. The monoisotopic (exact) mass is 231 g/mol. The van der Waals surface area contributed by atoms with Crippen LogP contribution in [-0.2, 0) is 4.79 Å². The third kappa shape index (κ3) is 4.09. The van der Waals surface area contributed by atoms with Crippen LogP contribution >= 0.6 is 11.8 Å². The molecule has 1 fully saturated rings. The summed E-state index contributed by atoms with van der Waals surface area (Å²) in [6, 6.07) is 0. The summed E-state index contributed by atoms with van der Waals surface area (Å²) in [5.41, 5.74) is 2.43. The van der Waals surface area contributed by atoms with Crippen molar-refractivity contribution < 1.29 is 9.90 Å². The summed E-state index contributed by atoms with van der Waals surface area (Å²) in [5.74, 6) is -0.168. The highest BCUT2D eigenvalue weighted by Gasteiger charge is 2.19. The number of nitrogens with zero attached hydrogens (tertiary/aromatic N) is 2. The maximum Gasteiger partial charge on any atom is 0.237 e. The Bertz CT molecular complexity index is 250. The number of amidine groups is 1. The number of rotatable bonds is 1. The highest BCUT2D eigenvalue weighted by Crippen LogP contribution is 2.14. The van der Waals surface area contributed by atoms with Gasteiger partial charge in [-0.25, -0.2) is 5.43 Å². The molecule has 0 aromatic carbocycles. The first kappa shape index (κ1) is 12.3. The second-order valence-electron chi connectivity index (χ2n) is 3.48. The van der Waals surface area contributed by atoms with Gasteiger partial charge >= 0.3 is 0 Å². The van der Waals surface area contributed by atoms with E-state index >= 15 is 0 Å². The van der Waals surface area contributed by atoms with Gasteiger partial charge in [0.25, 0.3) is 0 Å². The quantitative estimate of drug-likeness (QED) is 0.385. The second-order valence-corrected chi connectivity index (χ2v) is 4.26. The summed E-state index contributed by atoms with van der Waals surface area (Å²) in [5, 5.41) is 14.2. The number of piperidine rings is 1. The van der Waals surface area contributed by atoms with Gasteiger partial charge in [0.15, 0.2) is 5.17 Å². The van der Waals surface area contributed by atoms with Crippen molar-refractivity contribution in [2.75, 3.05) is 19.3 Å². The van der Waals surface area contributed by atoms with Gasteiger partial charge < -0.3 is 10.0 Å². The molecule has 5 nitrogen and oxygen atoms in total. The van der Waals surface area contributed by atoms with Crippen LogP contribution in [-0.4, -0.2) is 46.5 Å². The van der Waals surface area contributed by atoms with Crippen LogP contribution in [0.3, 0.4) is 0 Å². The molecule has 1 amide bonds. The smallest absolute Gasteiger partial charge is 0.237 e. The fourth-order valence-corrected chi connectivity index (χ4v) is 2.01. The predicted molar refractivity (Wildman–Crippen MR) is 61.6 cm³/mol. The molecule has 1 heterocycles. The molecule has 1 saturated heterocycles. The van der Waals surface area contributed by atoms with Crippen LogP contribution in [0.5, 0.6) is 0 Å². The molecule has 6 heteroatoms. The Balaban J connectivity index is 2.51. The lowest BCUT2D eigenvalue weighted by Gasteiger charge is -2.31. The Kier molecular flexibility index (Phi) is 4.90. The van der Waals surface area contributed by atoms with Crippen molar-refractivity contribution in [3.05, 3.63) is 0 Å². The van der Waals surface area contributed by atoms with Gasteiger partial charge in [0.2, 0.25) is 5.91 Å².